The molecule has 0 heterocycles. The van der Waals surface area contributed by atoms with Gasteiger partial charge in [0.2, 0.25) is 0 Å². The number of ketones is 1. The SMILES string of the molecule is CC(=O)C(C(c1ccc(C)cc1)c1cc(C)ccc1NC(=O)OC(C)(C)C)S(=O)(=O)c1ccc(C)cc1. The van der Waals surface area contributed by atoms with Crippen LogP contribution in [0.4, 0.5) is 10.5 Å². The number of Topliss-reactive ketones (excluding diaryl/α,β-unsaturated/α-hetero) is 1. The van der Waals surface area contributed by atoms with Crippen LogP contribution >= 0.6 is 0 Å². The quantitative estimate of drug-likeness (QED) is 0.382. The minimum Gasteiger partial charge on any atom is -0.444 e. The van der Waals surface area contributed by atoms with E-state index in [-0.39, 0.29) is 4.90 Å². The highest BCUT2D eigenvalue weighted by atomic mass is 32.2. The van der Waals surface area contributed by atoms with E-state index in [0.717, 1.165) is 16.7 Å². The van der Waals surface area contributed by atoms with E-state index in [1.807, 2.05) is 57.2 Å². The zero-order valence-corrected chi connectivity index (χ0v) is 23.3. The normalized spacial score (nSPS) is 13.5. The fraction of sp³-hybridized carbons (Fsp3) is 0.333. The molecule has 0 spiro atoms. The van der Waals surface area contributed by atoms with Crippen LogP contribution < -0.4 is 5.32 Å². The van der Waals surface area contributed by atoms with Gasteiger partial charge in [0.25, 0.3) is 0 Å². The number of anilines is 1. The van der Waals surface area contributed by atoms with E-state index >= 15 is 0 Å². The van der Waals surface area contributed by atoms with E-state index in [2.05, 4.69) is 5.32 Å². The summed E-state index contributed by atoms with van der Waals surface area (Å²) in [6.07, 6.45) is -0.666. The molecule has 0 aliphatic carbocycles. The van der Waals surface area contributed by atoms with Crippen molar-refractivity contribution in [2.75, 3.05) is 5.32 Å². The number of carbonyl (C=O) groups is 2. The molecule has 0 saturated carbocycles. The fourth-order valence-corrected chi connectivity index (χ4v) is 6.17. The molecular formula is C30H35NO5S. The minimum atomic E-state index is -4.10. The molecule has 2 atom stereocenters. The highest BCUT2D eigenvalue weighted by molar-refractivity contribution is 7.92. The standard InChI is InChI=1S/C30H35NO5S/c1-19-8-13-23(14-9-19)27(28(22(4)32)37(34,35)24-15-10-20(2)11-16-24)25-18-21(3)12-17-26(25)31-29(33)36-30(5,6)7/h8-18,27-28H,1-7H3,(H,31,33). The van der Waals surface area contributed by atoms with Crippen molar-refractivity contribution in [1.29, 1.82) is 0 Å². The van der Waals surface area contributed by atoms with Gasteiger partial charge >= 0.3 is 6.09 Å². The number of ether oxygens (including phenoxy) is 1. The number of nitrogens with one attached hydrogen (secondary N) is 1. The number of amides is 1. The molecular weight excluding hydrogens is 486 g/mol. The Hall–Kier alpha value is -3.45. The number of benzene rings is 3. The Kier molecular flexibility index (Phi) is 8.28. The summed E-state index contributed by atoms with van der Waals surface area (Å²) in [6, 6.07) is 19.3. The lowest BCUT2D eigenvalue weighted by molar-refractivity contribution is -0.116. The maximum Gasteiger partial charge on any atom is 0.412 e. The number of sulfone groups is 1. The van der Waals surface area contributed by atoms with Crippen LogP contribution in [-0.2, 0) is 19.4 Å². The third kappa shape index (κ3) is 6.86. The predicted octanol–water partition coefficient (Wildman–Crippen LogP) is 6.52. The third-order valence-electron chi connectivity index (χ3n) is 6.00. The van der Waals surface area contributed by atoms with Crippen molar-refractivity contribution in [2.45, 2.75) is 70.1 Å². The summed E-state index contributed by atoms with van der Waals surface area (Å²) in [5.41, 5.74) is 3.61. The summed E-state index contributed by atoms with van der Waals surface area (Å²) in [5.74, 6) is -1.37. The van der Waals surface area contributed by atoms with Crippen LogP contribution in [0.2, 0.25) is 0 Å². The zero-order valence-electron chi connectivity index (χ0n) is 22.5. The van der Waals surface area contributed by atoms with Crippen LogP contribution in [0.5, 0.6) is 0 Å². The van der Waals surface area contributed by atoms with Gasteiger partial charge in [-0.2, -0.15) is 0 Å². The van der Waals surface area contributed by atoms with Gasteiger partial charge in [-0.05, 0) is 77.8 Å². The molecule has 37 heavy (non-hydrogen) atoms. The molecule has 0 saturated heterocycles. The number of carbonyl (C=O) groups excluding carboxylic acids is 2. The van der Waals surface area contributed by atoms with Gasteiger partial charge in [0.05, 0.1) is 4.90 Å². The maximum absolute atomic E-state index is 14.0. The van der Waals surface area contributed by atoms with Gasteiger partial charge in [0.15, 0.2) is 9.84 Å². The van der Waals surface area contributed by atoms with Gasteiger partial charge in [0.1, 0.15) is 16.6 Å². The molecule has 3 aromatic carbocycles. The molecule has 0 aliphatic rings. The number of hydrogen-bond donors (Lipinski definition) is 1. The van der Waals surface area contributed by atoms with Gasteiger partial charge in [-0.15, -0.1) is 0 Å². The molecule has 0 bridgehead atoms. The average molecular weight is 522 g/mol. The second-order valence-electron chi connectivity index (χ2n) is 10.5. The lowest BCUT2D eigenvalue weighted by Gasteiger charge is -2.29. The highest BCUT2D eigenvalue weighted by Gasteiger charge is 2.41. The van der Waals surface area contributed by atoms with Crippen LogP contribution in [-0.4, -0.2) is 31.1 Å². The summed E-state index contributed by atoms with van der Waals surface area (Å²) in [7, 11) is -4.10. The molecule has 0 aliphatic heterocycles. The van der Waals surface area contributed by atoms with E-state index in [9.17, 15) is 18.0 Å². The Morgan fingerprint density at radius 3 is 1.84 bits per heavy atom. The van der Waals surface area contributed by atoms with Crippen LogP contribution in [0.1, 0.15) is 61.4 Å². The van der Waals surface area contributed by atoms with Crippen LogP contribution in [0.3, 0.4) is 0 Å². The molecule has 196 valence electrons. The van der Waals surface area contributed by atoms with Crippen LogP contribution in [0.15, 0.2) is 71.6 Å². The molecule has 0 aromatic heterocycles. The summed E-state index contributed by atoms with van der Waals surface area (Å²) in [4.78, 5) is 26.0. The first-order valence-electron chi connectivity index (χ1n) is 12.2. The second-order valence-corrected chi connectivity index (χ2v) is 12.6. The Bertz CT molecular complexity index is 1390. The van der Waals surface area contributed by atoms with Gasteiger partial charge < -0.3 is 4.74 Å². The molecule has 7 heteroatoms. The van der Waals surface area contributed by atoms with E-state index in [1.54, 1.807) is 39.0 Å². The van der Waals surface area contributed by atoms with Crippen molar-refractivity contribution >= 4 is 27.4 Å². The molecule has 1 N–H and O–H groups in total. The van der Waals surface area contributed by atoms with E-state index < -0.39 is 38.5 Å². The fourth-order valence-electron chi connectivity index (χ4n) is 4.26. The van der Waals surface area contributed by atoms with Crippen molar-refractivity contribution in [1.82, 2.24) is 0 Å². The topological polar surface area (TPSA) is 89.5 Å². The van der Waals surface area contributed by atoms with Crippen LogP contribution in [0, 0.1) is 20.8 Å². The van der Waals surface area contributed by atoms with Gasteiger partial charge in [-0.1, -0.05) is 65.2 Å². The van der Waals surface area contributed by atoms with Crippen LogP contribution in [0.25, 0.3) is 0 Å². The Labute approximate surface area is 220 Å². The minimum absolute atomic E-state index is 0.0738. The zero-order chi connectivity index (χ0) is 27.5. The Balaban J connectivity index is 2.26. The first kappa shape index (κ1) is 28.1. The van der Waals surface area contributed by atoms with Gasteiger partial charge in [-0.3, -0.25) is 10.1 Å². The highest BCUT2D eigenvalue weighted by Crippen LogP contribution is 2.39. The van der Waals surface area contributed by atoms with Crippen molar-refractivity contribution in [2.24, 2.45) is 0 Å². The predicted molar refractivity (Wildman–Crippen MR) is 147 cm³/mol. The lowest BCUT2D eigenvalue weighted by Crippen LogP contribution is -2.36. The maximum atomic E-state index is 14.0. The summed E-state index contributed by atoms with van der Waals surface area (Å²) < 4.78 is 33.5. The van der Waals surface area contributed by atoms with Crippen molar-refractivity contribution in [3.8, 4) is 0 Å². The lowest BCUT2D eigenvalue weighted by atomic mass is 9.84. The average Bonchev–Trinajstić information content (AvgIpc) is 2.78. The van der Waals surface area contributed by atoms with E-state index in [0.29, 0.717) is 16.8 Å². The molecule has 0 radical (unpaired) electrons. The third-order valence-corrected chi connectivity index (χ3v) is 8.20. The Morgan fingerprint density at radius 2 is 1.32 bits per heavy atom. The smallest absolute Gasteiger partial charge is 0.412 e. The van der Waals surface area contributed by atoms with Crippen molar-refractivity contribution in [3.05, 3.63) is 94.5 Å². The summed E-state index contributed by atoms with van der Waals surface area (Å²) in [6.45, 7) is 12.3. The Morgan fingerprint density at radius 1 is 0.811 bits per heavy atom. The first-order valence-corrected chi connectivity index (χ1v) is 13.7. The largest absolute Gasteiger partial charge is 0.444 e. The van der Waals surface area contributed by atoms with Gasteiger partial charge in [0, 0.05) is 11.6 Å². The molecule has 1 amide bonds. The van der Waals surface area contributed by atoms with Crippen molar-refractivity contribution < 1.29 is 22.7 Å². The molecule has 0 fully saturated rings. The van der Waals surface area contributed by atoms with Crippen molar-refractivity contribution in [3.63, 3.8) is 0 Å². The summed E-state index contributed by atoms with van der Waals surface area (Å²) in [5, 5.41) is 1.36. The molecule has 3 aromatic rings. The molecule has 3 rings (SSSR count). The van der Waals surface area contributed by atoms with E-state index in [4.69, 9.17) is 4.74 Å². The van der Waals surface area contributed by atoms with E-state index in [1.165, 1.54) is 19.1 Å². The molecule has 2 unspecified atom stereocenters. The number of hydrogen-bond acceptors (Lipinski definition) is 5. The van der Waals surface area contributed by atoms with Gasteiger partial charge in [-0.25, -0.2) is 13.2 Å². The monoisotopic (exact) mass is 521 g/mol. The number of rotatable bonds is 7. The molecule has 6 nitrogen and oxygen atoms in total. The summed E-state index contributed by atoms with van der Waals surface area (Å²) >= 11 is 0. The first-order chi connectivity index (χ1) is 17.2. The number of aryl methyl sites for hydroxylation is 3. The second kappa shape index (κ2) is 10.9.